The predicted molar refractivity (Wildman–Crippen MR) is 90.5 cm³/mol. The van der Waals surface area contributed by atoms with E-state index in [0.717, 1.165) is 47.2 Å². The summed E-state index contributed by atoms with van der Waals surface area (Å²) >= 11 is 6.17. The number of nitrogens with zero attached hydrogens (tertiary/aromatic N) is 1. The minimum atomic E-state index is 0.737. The average Bonchev–Trinajstić information content (AvgIpc) is 2.85. The van der Waals surface area contributed by atoms with Gasteiger partial charge in [0.15, 0.2) is 0 Å². The van der Waals surface area contributed by atoms with E-state index < -0.39 is 0 Å². The molecule has 0 saturated heterocycles. The molecule has 4 rings (SSSR count). The highest BCUT2D eigenvalue weighted by atomic mass is 35.5. The molecule has 0 fully saturated rings. The fourth-order valence-corrected chi connectivity index (χ4v) is 3.10. The van der Waals surface area contributed by atoms with Crippen LogP contribution in [-0.4, -0.2) is 16.5 Å². The second-order valence-electron chi connectivity index (χ2n) is 5.54. The lowest BCUT2D eigenvalue weighted by molar-refractivity contribution is 0.954. The van der Waals surface area contributed by atoms with Crippen LogP contribution in [0.5, 0.6) is 0 Å². The highest BCUT2D eigenvalue weighted by Crippen LogP contribution is 2.34. The van der Waals surface area contributed by atoms with E-state index >= 15 is 0 Å². The summed E-state index contributed by atoms with van der Waals surface area (Å²) in [5, 5.41) is 4.17. The quantitative estimate of drug-likeness (QED) is 0.741. The lowest BCUT2D eigenvalue weighted by Gasteiger charge is -2.07. The van der Waals surface area contributed by atoms with Gasteiger partial charge in [0.25, 0.3) is 0 Å². The average molecular weight is 310 g/mol. The summed E-state index contributed by atoms with van der Waals surface area (Å²) in [5.41, 5.74) is 5.64. The topological polar surface area (TPSA) is 40.7 Å². The standard InChI is InChI=1S/C18H16ClN3/c19-13-6-7-15-14(11-13)18-16(8-9-20-15)21-17(22-18)10-12-4-2-1-3-5-12/h1-7,11,20H,8-10H2,(H,21,22). The summed E-state index contributed by atoms with van der Waals surface area (Å²) in [7, 11) is 0. The molecule has 3 nitrogen and oxygen atoms in total. The predicted octanol–water partition coefficient (Wildman–Crippen LogP) is 4.29. The van der Waals surface area contributed by atoms with E-state index in [9.17, 15) is 0 Å². The summed E-state index contributed by atoms with van der Waals surface area (Å²) < 4.78 is 0. The molecule has 0 aliphatic carbocycles. The molecule has 3 aromatic rings. The molecule has 0 unspecified atom stereocenters. The Hall–Kier alpha value is -2.26. The van der Waals surface area contributed by atoms with Crippen LogP contribution in [0.25, 0.3) is 11.3 Å². The van der Waals surface area contributed by atoms with Gasteiger partial charge in [0.1, 0.15) is 5.82 Å². The minimum Gasteiger partial charge on any atom is -0.384 e. The zero-order valence-corrected chi connectivity index (χ0v) is 12.8. The Morgan fingerprint density at radius 3 is 2.82 bits per heavy atom. The number of hydrogen-bond donors (Lipinski definition) is 2. The second kappa shape index (κ2) is 5.50. The number of rotatable bonds is 2. The first-order valence-corrected chi connectivity index (χ1v) is 7.83. The zero-order valence-electron chi connectivity index (χ0n) is 12.1. The van der Waals surface area contributed by atoms with Crippen molar-refractivity contribution in [3.8, 4) is 11.3 Å². The molecule has 22 heavy (non-hydrogen) atoms. The maximum atomic E-state index is 6.17. The first-order valence-electron chi connectivity index (χ1n) is 7.45. The van der Waals surface area contributed by atoms with Crippen LogP contribution < -0.4 is 5.32 Å². The van der Waals surface area contributed by atoms with Gasteiger partial charge in [-0.1, -0.05) is 41.9 Å². The van der Waals surface area contributed by atoms with Gasteiger partial charge in [-0.15, -0.1) is 0 Å². The Morgan fingerprint density at radius 1 is 1.09 bits per heavy atom. The molecule has 0 spiro atoms. The van der Waals surface area contributed by atoms with Crippen molar-refractivity contribution in [2.45, 2.75) is 12.8 Å². The van der Waals surface area contributed by atoms with Crippen molar-refractivity contribution in [2.75, 3.05) is 11.9 Å². The molecule has 0 saturated carbocycles. The molecule has 0 amide bonds. The number of halogens is 1. The van der Waals surface area contributed by atoms with Gasteiger partial charge in [-0.2, -0.15) is 0 Å². The van der Waals surface area contributed by atoms with Gasteiger partial charge in [0.05, 0.1) is 5.69 Å². The van der Waals surface area contributed by atoms with E-state index in [1.54, 1.807) is 0 Å². The first kappa shape index (κ1) is 13.4. The molecule has 0 radical (unpaired) electrons. The molecule has 110 valence electrons. The number of benzene rings is 2. The lowest BCUT2D eigenvalue weighted by atomic mass is 10.1. The lowest BCUT2D eigenvalue weighted by Crippen LogP contribution is -2.03. The van der Waals surface area contributed by atoms with Gasteiger partial charge in [0, 0.05) is 41.4 Å². The molecular weight excluding hydrogens is 294 g/mol. The van der Waals surface area contributed by atoms with Crippen LogP contribution in [0.3, 0.4) is 0 Å². The third-order valence-corrected chi connectivity index (χ3v) is 4.20. The largest absolute Gasteiger partial charge is 0.384 e. The monoisotopic (exact) mass is 309 g/mol. The van der Waals surface area contributed by atoms with Gasteiger partial charge in [0.2, 0.25) is 0 Å². The van der Waals surface area contributed by atoms with E-state index in [1.165, 1.54) is 11.3 Å². The smallest absolute Gasteiger partial charge is 0.111 e. The Morgan fingerprint density at radius 2 is 1.95 bits per heavy atom. The van der Waals surface area contributed by atoms with Crippen molar-refractivity contribution in [3.05, 3.63) is 70.6 Å². The highest BCUT2D eigenvalue weighted by molar-refractivity contribution is 6.31. The Balaban J connectivity index is 1.75. The summed E-state index contributed by atoms with van der Waals surface area (Å²) in [6.07, 6.45) is 1.75. The van der Waals surface area contributed by atoms with Crippen LogP contribution in [0.4, 0.5) is 5.69 Å². The van der Waals surface area contributed by atoms with Gasteiger partial charge < -0.3 is 10.3 Å². The van der Waals surface area contributed by atoms with Crippen molar-refractivity contribution in [1.29, 1.82) is 0 Å². The van der Waals surface area contributed by atoms with Crippen LogP contribution in [0.2, 0.25) is 5.02 Å². The number of imidazole rings is 1. The molecule has 1 aliphatic heterocycles. The number of hydrogen-bond acceptors (Lipinski definition) is 2. The van der Waals surface area contributed by atoms with E-state index in [2.05, 4.69) is 34.6 Å². The van der Waals surface area contributed by atoms with E-state index in [0.29, 0.717) is 0 Å². The van der Waals surface area contributed by atoms with Crippen LogP contribution >= 0.6 is 11.6 Å². The summed E-state index contributed by atoms with van der Waals surface area (Å²) in [4.78, 5) is 8.32. The fraction of sp³-hybridized carbons (Fsp3) is 0.167. The highest BCUT2D eigenvalue weighted by Gasteiger charge is 2.18. The first-order chi connectivity index (χ1) is 10.8. The van der Waals surface area contributed by atoms with Crippen molar-refractivity contribution >= 4 is 17.3 Å². The van der Waals surface area contributed by atoms with Crippen LogP contribution in [-0.2, 0) is 12.8 Å². The normalized spacial score (nSPS) is 13.0. The van der Waals surface area contributed by atoms with Gasteiger partial charge in [-0.05, 0) is 23.8 Å². The Bertz CT molecular complexity index is 808. The molecule has 1 aromatic heterocycles. The molecule has 0 atom stereocenters. The molecule has 4 heteroatoms. The van der Waals surface area contributed by atoms with Crippen molar-refractivity contribution in [3.63, 3.8) is 0 Å². The molecule has 2 heterocycles. The van der Waals surface area contributed by atoms with Crippen LogP contribution in [0.15, 0.2) is 48.5 Å². The minimum absolute atomic E-state index is 0.737. The van der Waals surface area contributed by atoms with Crippen molar-refractivity contribution in [2.24, 2.45) is 0 Å². The summed E-state index contributed by atoms with van der Waals surface area (Å²) in [5.74, 6) is 1.00. The third kappa shape index (κ3) is 2.48. The van der Waals surface area contributed by atoms with Crippen LogP contribution in [0.1, 0.15) is 17.1 Å². The maximum Gasteiger partial charge on any atom is 0.111 e. The molecule has 2 N–H and O–H groups in total. The Kier molecular flexibility index (Phi) is 3.35. The van der Waals surface area contributed by atoms with Crippen molar-refractivity contribution < 1.29 is 0 Å². The van der Waals surface area contributed by atoms with Gasteiger partial charge in [-0.25, -0.2) is 4.98 Å². The number of fused-ring (bicyclic) bond motifs is 3. The third-order valence-electron chi connectivity index (χ3n) is 3.97. The van der Waals surface area contributed by atoms with E-state index in [1.807, 2.05) is 24.3 Å². The molecular formula is C18H16ClN3. The maximum absolute atomic E-state index is 6.17. The molecule has 0 bridgehead atoms. The van der Waals surface area contributed by atoms with E-state index in [4.69, 9.17) is 16.6 Å². The number of H-pyrrole nitrogens is 1. The number of aromatic amines is 1. The second-order valence-corrected chi connectivity index (χ2v) is 5.98. The number of anilines is 1. The molecule has 1 aliphatic rings. The number of nitrogens with one attached hydrogen (secondary N) is 2. The SMILES string of the molecule is Clc1ccc2c(c1)-c1nc(Cc3ccccc3)[nH]c1CCN2. The molecule has 2 aromatic carbocycles. The van der Waals surface area contributed by atoms with Crippen molar-refractivity contribution in [1.82, 2.24) is 9.97 Å². The summed E-state index contributed by atoms with van der Waals surface area (Å²) in [6, 6.07) is 16.3. The Labute approximate surface area is 134 Å². The van der Waals surface area contributed by atoms with Crippen LogP contribution in [0, 0.1) is 0 Å². The van der Waals surface area contributed by atoms with Gasteiger partial charge >= 0.3 is 0 Å². The van der Waals surface area contributed by atoms with E-state index in [-0.39, 0.29) is 0 Å². The fourth-order valence-electron chi connectivity index (χ4n) is 2.93. The van der Waals surface area contributed by atoms with Gasteiger partial charge in [-0.3, -0.25) is 0 Å². The zero-order chi connectivity index (χ0) is 14.9. The number of aromatic nitrogens is 2. The summed E-state index contributed by atoms with van der Waals surface area (Å²) in [6.45, 7) is 0.897.